The van der Waals surface area contributed by atoms with Gasteiger partial charge in [0.25, 0.3) is 0 Å². The zero-order valence-corrected chi connectivity index (χ0v) is 10.6. The smallest absolute Gasteiger partial charge is 0.238 e. The lowest BCUT2D eigenvalue weighted by Crippen LogP contribution is -2.53. The number of β-amino-alcohol motifs (C(OH)–C–C–N with tert-alkyl or cyclic N) is 1. The first-order valence-corrected chi connectivity index (χ1v) is 5.99. The molecule has 1 amide bonds. The molecule has 1 aliphatic rings. The third-order valence-corrected chi connectivity index (χ3v) is 3.00. The van der Waals surface area contributed by atoms with Gasteiger partial charge in [0.1, 0.15) is 5.82 Å². The normalized spacial score (nSPS) is 16.6. The minimum Gasteiger partial charge on any atom is -0.390 e. The first-order chi connectivity index (χ1) is 8.04. The summed E-state index contributed by atoms with van der Waals surface area (Å²) in [6.07, 6.45) is -0.341. The first kappa shape index (κ1) is 12.5. The van der Waals surface area contributed by atoms with Crippen LogP contribution in [-0.2, 0) is 4.79 Å². The summed E-state index contributed by atoms with van der Waals surface area (Å²) in [6.45, 7) is 1.17. The van der Waals surface area contributed by atoms with Crippen molar-refractivity contribution in [2.45, 2.75) is 6.10 Å². The molecular weight excluding hydrogens is 291 g/mol. The van der Waals surface area contributed by atoms with Crippen molar-refractivity contribution < 1.29 is 14.3 Å². The van der Waals surface area contributed by atoms with Gasteiger partial charge in [0, 0.05) is 17.6 Å². The first-order valence-electron chi connectivity index (χ1n) is 5.20. The lowest BCUT2D eigenvalue weighted by molar-refractivity contribution is -0.119. The van der Waals surface area contributed by atoms with Crippen molar-refractivity contribution in [3.8, 4) is 0 Å². The molecule has 2 rings (SSSR count). The molecule has 17 heavy (non-hydrogen) atoms. The van der Waals surface area contributed by atoms with Gasteiger partial charge in [0.2, 0.25) is 5.91 Å². The topological polar surface area (TPSA) is 52.6 Å². The number of aliphatic hydroxyl groups is 1. The highest BCUT2D eigenvalue weighted by atomic mass is 79.9. The van der Waals surface area contributed by atoms with E-state index < -0.39 is 5.82 Å². The second kappa shape index (κ2) is 5.12. The van der Waals surface area contributed by atoms with Gasteiger partial charge >= 0.3 is 0 Å². The van der Waals surface area contributed by atoms with Crippen molar-refractivity contribution in [1.29, 1.82) is 0 Å². The summed E-state index contributed by atoms with van der Waals surface area (Å²) in [4.78, 5) is 13.3. The molecule has 6 heteroatoms. The third-order valence-electron chi connectivity index (χ3n) is 2.51. The maximum absolute atomic E-state index is 13.4. The van der Waals surface area contributed by atoms with E-state index in [4.69, 9.17) is 5.11 Å². The van der Waals surface area contributed by atoms with E-state index in [0.29, 0.717) is 17.6 Å². The van der Waals surface area contributed by atoms with Crippen LogP contribution in [0.25, 0.3) is 0 Å². The Morgan fingerprint density at radius 1 is 1.59 bits per heavy atom. The van der Waals surface area contributed by atoms with Crippen LogP contribution >= 0.6 is 15.9 Å². The van der Waals surface area contributed by atoms with Crippen LogP contribution in [0.3, 0.4) is 0 Å². The fourth-order valence-electron chi connectivity index (χ4n) is 1.66. The molecular formula is C11H12BrFN2O2. The van der Waals surface area contributed by atoms with E-state index in [1.54, 1.807) is 11.0 Å². The molecule has 1 aliphatic heterocycles. The molecule has 0 saturated carbocycles. The number of aliphatic hydroxyl groups excluding tert-OH is 1. The van der Waals surface area contributed by atoms with Gasteiger partial charge in [-0.05, 0) is 18.2 Å². The predicted molar refractivity (Wildman–Crippen MR) is 65.2 cm³/mol. The van der Waals surface area contributed by atoms with Crippen molar-refractivity contribution in [2.75, 3.05) is 25.0 Å². The lowest BCUT2D eigenvalue weighted by Gasteiger charge is -2.34. The zero-order valence-electron chi connectivity index (χ0n) is 8.99. The number of carbonyl (C=O) groups is 1. The van der Waals surface area contributed by atoms with E-state index in [0.717, 1.165) is 0 Å². The van der Waals surface area contributed by atoms with E-state index in [2.05, 4.69) is 21.2 Å². The van der Waals surface area contributed by atoms with Crippen LogP contribution in [0.5, 0.6) is 0 Å². The van der Waals surface area contributed by atoms with E-state index in [-0.39, 0.29) is 24.2 Å². The number of rotatable bonds is 3. The minimum atomic E-state index is -0.476. The van der Waals surface area contributed by atoms with E-state index in [1.165, 1.54) is 12.1 Å². The largest absolute Gasteiger partial charge is 0.390 e. The second-order valence-corrected chi connectivity index (χ2v) is 4.94. The molecule has 92 valence electrons. The summed E-state index contributed by atoms with van der Waals surface area (Å²) in [7, 11) is 0. The number of carbonyl (C=O) groups excluding carboxylic acids is 1. The molecule has 2 N–H and O–H groups in total. The third kappa shape index (κ3) is 3.24. The second-order valence-electron chi connectivity index (χ2n) is 4.02. The van der Waals surface area contributed by atoms with Crippen LogP contribution in [-0.4, -0.2) is 41.7 Å². The fourth-order valence-corrected chi connectivity index (χ4v) is 1.99. The Morgan fingerprint density at radius 2 is 2.29 bits per heavy atom. The summed E-state index contributed by atoms with van der Waals surface area (Å²) >= 11 is 3.14. The molecule has 0 unspecified atom stereocenters. The van der Waals surface area contributed by atoms with Gasteiger partial charge in [0.05, 0.1) is 18.3 Å². The molecule has 0 bridgehead atoms. The van der Waals surface area contributed by atoms with Gasteiger partial charge in [-0.15, -0.1) is 0 Å². The molecule has 1 aromatic rings. The number of likely N-dealkylation sites (tertiary alicyclic amines) is 1. The summed E-state index contributed by atoms with van der Waals surface area (Å²) in [5.41, 5.74) is 0.166. The van der Waals surface area contributed by atoms with Crippen molar-refractivity contribution in [1.82, 2.24) is 4.90 Å². The van der Waals surface area contributed by atoms with Gasteiger partial charge in [-0.2, -0.15) is 0 Å². The lowest BCUT2D eigenvalue weighted by atomic mass is 10.2. The van der Waals surface area contributed by atoms with E-state index in [9.17, 15) is 9.18 Å². The molecule has 0 radical (unpaired) electrons. The maximum atomic E-state index is 13.4. The van der Waals surface area contributed by atoms with Crippen molar-refractivity contribution in [2.24, 2.45) is 0 Å². The van der Waals surface area contributed by atoms with Crippen LogP contribution in [0.15, 0.2) is 22.7 Å². The van der Waals surface area contributed by atoms with Gasteiger partial charge in [-0.3, -0.25) is 9.69 Å². The van der Waals surface area contributed by atoms with Crippen molar-refractivity contribution in [3.63, 3.8) is 0 Å². The average Bonchev–Trinajstić information content (AvgIpc) is 2.20. The highest BCUT2D eigenvalue weighted by molar-refractivity contribution is 9.10. The monoisotopic (exact) mass is 302 g/mol. The Kier molecular flexibility index (Phi) is 3.76. The number of benzene rings is 1. The van der Waals surface area contributed by atoms with E-state index >= 15 is 0 Å². The van der Waals surface area contributed by atoms with Crippen LogP contribution in [0.4, 0.5) is 10.1 Å². The van der Waals surface area contributed by atoms with Crippen molar-refractivity contribution in [3.05, 3.63) is 28.5 Å². The number of nitrogens with one attached hydrogen (secondary N) is 1. The fraction of sp³-hybridized carbons (Fsp3) is 0.364. The summed E-state index contributed by atoms with van der Waals surface area (Å²) in [6, 6.07) is 4.46. The number of hydrogen-bond acceptors (Lipinski definition) is 3. The summed E-state index contributed by atoms with van der Waals surface area (Å²) in [5.74, 6) is -0.755. The maximum Gasteiger partial charge on any atom is 0.238 e. The molecule has 0 aliphatic carbocycles. The number of halogens is 2. The molecule has 1 saturated heterocycles. The molecule has 0 atom stereocenters. The SMILES string of the molecule is O=C(CN1CC(O)C1)Nc1ccc(Br)cc1F. The Morgan fingerprint density at radius 3 is 2.88 bits per heavy atom. The van der Waals surface area contributed by atoms with Crippen LogP contribution in [0.2, 0.25) is 0 Å². The summed E-state index contributed by atoms with van der Waals surface area (Å²) in [5, 5.41) is 11.6. The van der Waals surface area contributed by atoms with Gasteiger partial charge in [-0.1, -0.05) is 15.9 Å². The zero-order chi connectivity index (χ0) is 12.4. The highest BCUT2D eigenvalue weighted by Gasteiger charge is 2.26. The Bertz CT molecular complexity index is 435. The summed E-state index contributed by atoms with van der Waals surface area (Å²) < 4.78 is 14.0. The number of anilines is 1. The number of hydrogen-bond donors (Lipinski definition) is 2. The highest BCUT2D eigenvalue weighted by Crippen LogP contribution is 2.19. The Balaban J connectivity index is 1.89. The van der Waals surface area contributed by atoms with E-state index in [1.807, 2.05) is 0 Å². The molecule has 0 spiro atoms. The minimum absolute atomic E-state index is 0.166. The molecule has 1 aromatic carbocycles. The number of nitrogens with zero attached hydrogens (tertiary/aromatic N) is 1. The van der Waals surface area contributed by atoms with Gasteiger partial charge in [-0.25, -0.2) is 4.39 Å². The molecule has 1 fully saturated rings. The van der Waals surface area contributed by atoms with Crippen LogP contribution in [0.1, 0.15) is 0 Å². The van der Waals surface area contributed by atoms with Crippen LogP contribution in [0, 0.1) is 5.82 Å². The number of amides is 1. The average molecular weight is 303 g/mol. The Labute approximate surface area is 107 Å². The standard InChI is InChI=1S/C11H12BrFN2O2/c12-7-1-2-10(9(13)3-7)14-11(17)6-15-4-8(16)5-15/h1-3,8,16H,4-6H2,(H,14,17). The Hall–Kier alpha value is -0.980. The molecule has 0 aromatic heterocycles. The van der Waals surface area contributed by atoms with Gasteiger partial charge < -0.3 is 10.4 Å². The molecule has 4 nitrogen and oxygen atoms in total. The quantitative estimate of drug-likeness (QED) is 0.882. The van der Waals surface area contributed by atoms with Crippen molar-refractivity contribution >= 4 is 27.5 Å². The van der Waals surface area contributed by atoms with Gasteiger partial charge in [0.15, 0.2) is 0 Å². The van der Waals surface area contributed by atoms with Crippen LogP contribution < -0.4 is 5.32 Å². The molecule has 1 heterocycles. The predicted octanol–water partition coefficient (Wildman–Crippen LogP) is 1.20.